The third-order valence-electron chi connectivity index (χ3n) is 9.14. The van der Waals surface area contributed by atoms with Crippen molar-refractivity contribution in [2.45, 2.75) is 65.0 Å². The normalized spacial score (nSPS) is 12.6. The summed E-state index contributed by atoms with van der Waals surface area (Å²) >= 11 is 0. The molecule has 0 bridgehead atoms. The Bertz CT molecular complexity index is 2070. The Labute approximate surface area is 314 Å². The molecule has 4 aromatic carbocycles. The Morgan fingerprint density at radius 1 is 0.887 bits per heavy atom. The molecule has 272 valence electrons. The molecule has 0 aliphatic carbocycles. The largest absolute Gasteiger partial charge is 0.511 e. The van der Waals surface area contributed by atoms with Crippen molar-refractivity contribution >= 4 is 32.7 Å². The third-order valence-corrected chi connectivity index (χ3v) is 15.4. The standard InChI is InChI=1S/C44H45FNO5PSi/c1-31(2)43-38(39(34-24-25-40(45)32(3)27-34)29-41(46-43)33-17-10-7-11-18-33)23-16-26-50-52(49)30-35(28-42(47)48)51-53(44(4,5)6,36-19-12-8-13-20-36)37-21-14-9-15-22-37/h7-15,17-22,24-25,27,29,31,35H,26,28,30H2,1-6H3/p+1/t35-/m0/s1. The second-order valence-corrected chi connectivity index (χ2v) is 19.9. The van der Waals surface area contributed by atoms with Crippen molar-refractivity contribution in [1.29, 1.82) is 0 Å². The van der Waals surface area contributed by atoms with Crippen molar-refractivity contribution in [3.63, 3.8) is 0 Å². The predicted molar refractivity (Wildman–Crippen MR) is 214 cm³/mol. The Morgan fingerprint density at radius 3 is 2.00 bits per heavy atom. The molecule has 5 aromatic rings. The summed E-state index contributed by atoms with van der Waals surface area (Å²) in [5, 5.41) is 11.5. The maximum atomic E-state index is 14.3. The summed E-state index contributed by atoms with van der Waals surface area (Å²) in [6.45, 7) is 12.0. The van der Waals surface area contributed by atoms with E-state index in [1.807, 2.05) is 111 Å². The van der Waals surface area contributed by atoms with Gasteiger partial charge in [-0.05, 0) is 62.1 Å². The first-order valence-electron chi connectivity index (χ1n) is 17.7. The molecule has 1 aromatic heterocycles. The van der Waals surface area contributed by atoms with Crippen molar-refractivity contribution < 1.29 is 27.8 Å². The smallest absolute Gasteiger partial charge is 0.481 e. The molecule has 9 heteroatoms. The number of rotatable bonds is 13. The minimum absolute atomic E-state index is 0.0104. The summed E-state index contributed by atoms with van der Waals surface area (Å²) < 4.78 is 40.7. The van der Waals surface area contributed by atoms with Crippen LogP contribution in [0.25, 0.3) is 22.4 Å². The van der Waals surface area contributed by atoms with E-state index in [0.29, 0.717) is 11.1 Å². The van der Waals surface area contributed by atoms with Crippen LogP contribution >= 0.6 is 8.03 Å². The zero-order valence-electron chi connectivity index (χ0n) is 31.1. The van der Waals surface area contributed by atoms with Gasteiger partial charge in [0.1, 0.15) is 11.9 Å². The van der Waals surface area contributed by atoms with Gasteiger partial charge in [-0.2, -0.15) is 0 Å². The summed E-state index contributed by atoms with van der Waals surface area (Å²) in [6, 6.07) is 36.7. The molecule has 0 saturated heterocycles. The molecule has 1 N–H and O–H groups in total. The second kappa shape index (κ2) is 17.4. The number of carboxylic acid groups (broad SMARTS) is 1. The van der Waals surface area contributed by atoms with Gasteiger partial charge in [0.15, 0.2) is 6.61 Å². The molecule has 0 aliphatic rings. The highest BCUT2D eigenvalue weighted by molar-refractivity contribution is 7.39. The fourth-order valence-electron chi connectivity index (χ4n) is 6.64. The van der Waals surface area contributed by atoms with E-state index in [0.717, 1.165) is 38.5 Å². The van der Waals surface area contributed by atoms with Crippen molar-refractivity contribution in [1.82, 2.24) is 4.98 Å². The van der Waals surface area contributed by atoms with Crippen molar-refractivity contribution in [3.05, 3.63) is 138 Å². The first kappa shape index (κ1) is 39.4. The molecular weight excluding hydrogens is 701 g/mol. The highest BCUT2D eigenvalue weighted by Crippen LogP contribution is 2.39. The summed E-state index contributed by atoms with van der Waals surface area (Å²) in [7, 11) is -5.48. The number of aliphatic carboxylic acids is 1. The second-order valence-electron chi connectivity index (χ2n) is 14.4. The fourth-order valence-corrected chi connectivity index (χ4v) is 12.3. The van der Waals surface area contributed by atoms with Gasteiger partial charge in [-0.1, -0.05) is 144 Å². The molecule has 1 heterocycles. The highest BCUT2D eigenvalue weighted by atomic mass is 31.1. The van der Waals surface area contributed by atoms with Gasteiger partial charge in [0, 0.05) is 11.1 Å². The van der Waals surface area contributed by atoms with Crippen LogP contribution in [0, 0.1) is 24.6 Å². The molecule has 0 spiro atoms. The summed E-state index contributed by atoms with van der Waals surface area (Å²) in [5.74, 6) is 4.95. The molecule has 53 heavy (non-hydrogen) atoms. The lowest BCUT2D eigenvalue weighted by molar-refractivity contribution is -0.138. The number of halogens is 1. The van der Waals surface area contributed by atoms with Crippen molar-refractivity contribution in [2.24, 2.45) is 0 Å². The summed E-state index contributed by atoms with van der Waals surface area (Å²) in [5.41, 5.74) is 5.32. The lowest BCUT2D eigenvalue weighted by Gasteiger charge is -2.44. The van der Waals surface area contributed by atoms with E-state index in [-0.39, 0.29) is 30.9 Å². The molecule has 0 saturated carbocycles. The van der Waals surface area contributed by atoms with Gasteiger partial charge in [0.2, 0.25) is 6.16 Å². The maximum Gasteiger partial charge on any atom is 0.511 e. The number of nitrogens with zero attached hydrogens (tertiary/aromatic N) is 1. The number of carbonyl (C=O) groups is 1. The SMILES string of the molecule is Cc1cc(-c2cc(-c3ccccc3)nc(C(C)C)c2C#CCO[P+](=O)C[C@H](CC(=O)O)O[Si](c2ccccc2)(c2ccccc2)C(C)(C)C)ccc1F. The number of aryl methyl sites for hydroxylation is 1. The molecule has 5 rings (SSSR count). The van der Waals surface area contributed by atoms with E-state index in [9.17, 15) is 18.9 Å². The minimum Gasteiger partial charge on any atom is -0.481 e. The number of pyridine rings is 1. The highest BCUT2D eigenvalue weighted by Gasteiger charge is 2.52. The maximum absolute atomic E-state index is 14.3. The van der Waals surface area contributed by atoms with E-state index in [1.165, 1.54) is 6.07 Å². The number of hydrogen-bond donors (Lipinski definition) is 1. The van der Waals surface area contributed by atoms with Gasteiger partial charge < -0.3 is 9.53 Å². The first-order chi connectivity index (χ1) is 25.3. The molecule has 0 radical (unpaired) electrons. The van der Waals surface area contributed by atoms with E-state index >= 15 is 0 Å². The molecular formula is C44H46FNO5PSi+. The predicted octanol–water partition coefficient (Wildman–Crippen LogP) is 9.52. The van der Waals surface area contributed by atoms with Crippen LogP contribution in [0.5, 0.6) is 0 Å². The van der Waals surface area contributed by atoms with Gasteiger partial charge in [0.05, 0.1) is 23.4 Å². The molecule has 0 aliphatic heterocycles. The van der Waals surface area contributed by atoms with Gasteiger partial charge in [0.25, 0.3) is 8.32 Å². The Balaban J connectivity index is 1.45. The number of aromatic nitrogens is 1. The molecule has 2 atom stereocenters. The van der Waals surface area contributed by atoms with E-state index < -0.39 is 33.5 Å². The summed E-state index contributed by atoms with van der Waals surface area (Å²) in [6.07, 6.45) is -1.33. The van der Waals surface area contributed by atoms with Crippen LogP contribution in [-0.2, 0) is 18.3 Å². The molecule has 0 amide bonds. The average molecular weight is 747 g/mol. The topological polar surface area (TPSA) is 85.7 Å². The van der Waals surface area contributed by atoms with E-state index in [1.54, 1.807) is 19.1 Å². The lowest BCUT2D eigenvalue weighted by Crippen LogP contribution is -2.68. The number of benzene rings is 4. The van der Waals surface area contributed by atoms with Crippen LogP contribution in [0.15, 0.2) is 115 Å². The van der Waals surface area contributed by atoms with Gasteiger partial charge in [-0.3, -0.25) is 9.78 Å². The Morgan fingerprint density at radius 2 is 1.47 bits per heavy atom. The fraction of sp³-hybridized carbons (Fsp3) is 0.273. The number of hydrogen-bond acceptors (Lipinski definition) is 5. The summed E-state index contributed by atoms with van der Waals surface area (Å²) in [4.78, 5) is 17.2. The number of carboxylic acids is 1. The van der Waals surface area contributed by atoms with Crippen LogP contribution in [0.1, 0.15) is 63.8 Å². The average Bonchev–Trinajstić information content (AvgIpc) is 3.13. The lowest BCUT2D eigenvalue weighted by atomic mass is 9.92. The van der Waals surface area contributed by atoms with Gasteiger partial charge >= 0.3 is 14.0 Å². The molecule has 1 unspecified atom stereocenters. The first-order valence-corrected chi connectivity index (χ1v) is 21.0. The zero-order chi connectivity index (χ0) is 38.2. The van der Waals surface area contributed by atoms with E-state index in [2.05, 4.69) is 32.6 Å². The third kappa shape index (κ3) is 9.43. The monoisotopic (exact) mass is 746 g/mol. The molecule has 0 fully saturated rings. The van der Waals surface area contributed by atoms with Crippen LogP contribution in [-0.4, -0.2) is 43.2 Å². The van der Waals surface area contributed by atoms with Gasteiger partial charge in [-0.25, -0.2) is 4.39 Å². The van der Waals surface area contributed by atoms with Crippen LogP contribution in [0.3, 0.4) is 0 Å². The Kier molecular flexibility index (Phi) is 12.9. The van der Waals surface area contributed by atoms with E-state index in [4.69, 9.17) is 13.9 Å². The van der Waals surface area contributed by atoms with Crippen LogP contribution in [0.4, 0.5) is 4.39 Å². The minimum atomic E-state index is -3.13. The molecule has 6 nitrogen and oxygen atoms in total. The quantitative estimate of drug-likeness (QED) is 0.0734. The van der Waals surface area contributed by atoms with Crippen molar-refractivity contribution in [3.8, 4) is 34.2 Å². The van der Waals surface area contributed by atoms with Gasteiger partial charge in [-0.15, -0.1) is 4.52 Å². The van der Waals surface area contributed by atoms with Crippen LogP contribution < -0.4 is 10.4 Å². The zero-order valence-corrected chi connectivity index (χ0v) is 33.0. The van der Waals surface area contributed by atoms with Crippen molar-refractivity contribution in [2.75, 3.05) is 12.8 Å². The van der Waals surface area contributed by atoms with Crippen LogP contribution in [0.2, 0.25) is 5.04 Å². The Hall–Kier alpha value is -4.77.